The van der Waals surface area contributed by atoms with Gasteiger partial charge in [-0.25, -0.2) is 9.59 Å². The standard InChI is InChI=1S/C16H21NO4/c1-16(2,3)10-6-8-11(9-7-10)17-12(14(18)20-4)13(17)15(19)21-5/h6-9,12-13H,1-5H3. The Labute approximate surface area is 124 Å². The van der Waals surface area contributed by atoms with Crippen LogP contribution in [0, 0.1) is 0 Å². The van der Waals surface area contributed by atoms with Crippen LogP contribution in [0.1, 0.15) is 26.3 Å². The third-order valence-electron chi connectivity index (χ3n) is 3.73. The number of anilines is 1. The van der Waals surface area contributed by atoms with Crippen LogP contribution in [0.25, 0.3) is 0 Å². The Kier molecular flexibility index (Phi) is 3.94. The fourth-order valence-electron chi connectivity index (χ4n) is 2.41. The lowest BCUT2D eigenvalue weighted by molar-refractivity contribution is -0.144. The van der Waals surface area contributed by atoms with Crippen LogP contribution in [0.5, 0.6) is 0 Å². The lowest BCUT2D eigenvalue weighted by Gasteiger charge is -2.19. The molecule has 1 aliphatic rings. The highest BCUT2D eigenvalue weighted by molar-refractivity contribution is 6.00. The summed E-state index contributed by atoms with van der Waals surface area (Å²) < 4.78 is 9.48. The van der Waals surface area contributed by atoms with Crippen molar-refractivity contribution < 1.29 is 19.1 Å². The first kappa shape index (κ1) is 15.4. The highest BCUT2D eigenvalue weighted by Gasteiger charge is 2.59. The maximum atomic E-state index is 11.7. The number of ether oxygens (including phenoxy) is 2. The van der Waals surface area contributed by atoms with Gasteiger partial charge in [0.2, 0.25) is 0 Å². The average molecular weight is 291 g/mol. The molecule has 0 N–H and O–H groups in total. The SMILES string of the molecule is COC(=O)C1C(C(=O)OC)N1c1ccc(C(C)(C)C)cc1. The summed E-state index contributed by atoms with van der Waals surface area (Å²) in [5.41, 5.74) is 2.06. The molecule has 1 heterocycles. The number of methoxy groups -OCH3 is 2. The summed E-state index contributed by atoms with van der Waals surface area (Å²) in [5.74, 6) is -0.851. The summed E-state index contributed by atoms with van der Waals surface area (Å²) in [7, 11) is 2.63. The van der Waals surface area contributed by atoms with Gasteiger partial charge in [-0.3, -0.25) is 0 Å². The van der Waals surface area contributed by atoms with E-state index in [1.54, 1.807) is 4.90 Å². The first-order valence-electron chi connectivity index (χ1n) is 6.86. The van der Waals surface area contributed by atoms with E-state index >= 15 is 0 Å². The summed E-state index contributed by atoms with van der Waals surface area (Å²) in [5, 5.41) is 0. The van der Waals surface area contributed by atoms with E-state index in [0.717, 1.165) is 5.69 Å². The number of carbonyl (C=O) groups is 2. The van der Waals surface area contributed by atoms with Crippen molar-refractivity contribution in [1.82, 2.24) is 0 Å². The molecule has 0 amide bonds. The van der Waals surface area contributed by atoms with Crippen molar-refractivity contribution in [2.45, 2.75) is 38.3 Å². The van der Waals surface area contributed by atoms with Gasteiger partial charge < -0.3 is 14.4 Å². The third-order valence-corrected chi connectivity index (χ3v) is 3.73. The quantitative estimate of drug-likeness (QED) is 0.629. The normalized spacial score (nSPS) is 20.9. The van der Waals surface area contributed by atoms with Gasteiger partial charge in [0.1, 0.15) is 0 Å². The molecule has 0 bridgehead atoms. The van der Waals surface area contributed by atoms with Crippen LogP contribution >= 0.6 is 0 Å². The van der Waals surface area contributed by atoms with E-state index in [-0.39, 0.29) is 5.41 Å². The third kappa shape index (κ3) is 2.86. The summed E-state index contributed by atoms with van der Waals surface area (Å²) in [6.07, 6.45) is 0. The van der Waals surface area contributed by atoms with Gasteiger partial charge in [-0.05, 0) is 23.1 Å². The Balaban J connectivity index is 2.24. The van der Waals surface area contributed by atoms with Gasteiger partial charge in [-0.2, -0.15) is 0 Å². The highest BCUT2D eigenvalue weighted by atomic mass is 16.5. The molecule has 0 radical (unpaired) electrons. The van der Waals surface area contributed by atoms with E-state index in [4.69, 9.17) is 9.47 Å². The number of hydrogen-bond donors (Lipinski definition) is 0. The number of nitrogens with zero attached hydrogens (tertiary/aromatic N) is 1. The molecule has 5 nitrogen and oxygen atoms in total. The summed E-state index contributed by atoms with van der Waals surface area (Å²) in [6, 6.07) is 6.66. The smallest absolute Gasteiger partial charge is 0.331 e. The van der Waals surface area contributed by atoms with Crippen molar-refractivity contribution in [1.29, 1.82) is 0 Å². The monoisotopic (exact) mass is 291 g/mol. The molecular formula is C16H21NO4. The number of esters is 2. The Morgan fingerprint density at radius 2 is 1.38 bits per heavy atom. The van der Waals surface area contributed by atoms with Gasteiger partial charge in [0.05, 0.1) is 14.2 Å². The number of carbonyl (C=O) groups excluding carboxylic acids is 2. The molecule has 1 aromatic rings. The van der Waals surface area contributed by atoms with Crippen LogP contribution in [-0.2, 0) is 24.5 Å². The van der Waals surface area contributed by atoms with E-state index in [2.05, 4.69) is 20.8 Å². The molecule has 0 spiro atoms. The average Bonchev–Trinajstić information content (AvgIpc) is 3.20. The molecule has 1 saturated heterocycles. The van der Waals surface area contributed by atoms with Crippen LogP contribution in [0.2, 0.25) is 0 Å². The van der Waals surface area contributed by atoms with Gasteiger partial charge in [0.15, 0.2) is 12.1 Å². The summed E-state index contributed by atoms with van der Waals surface area (Å²) >= 11 is 0. The second-order valence-electron chi connectivity index (χ2n) is 6.14. The summed E-state index contributed by atoms with van der Waals surface area (Å²) in [6.45, 7) is 6.40. The molecule has 0 saturated carbocycles. The van der Waals surface area contributed by atoms with E-state index in [0.29, 0.717) is 0 Å². The molecule has 21 heavy (non-hydrogen) atoms. The van der Waals surface area contributed by atoms with E-state index in [9.17, 15) is 9.59 Å². The van der Waals surface area contributed by atoms with Gasteiger partial charge >= 0.3 is 11.9 Å². The maximum absolute atomic E-state index is 11.7. The molecule has 2 rings (SSSR count). The highest BCUT2D eigenvalue weighted by Crippen LogP contribution is 2.37. The zero-order valence-corrected chi connectivity index (χ0v) is 13.0. The molecule has 114 valence electrons. The van der Waals surface area contributed by atoms with Crippen LogP contribution in [0.15, 0.2) is 24.3 Å². The van der Waals surface area contributed by atoms with E-state index < -0.39 is 24.0 Å². The van der Waals surface area contributed by atoms with Crippen molar-refractivity contribution in [3.63, 3.8) is 0 Å². The van der Waals surface area contributed by atoms with E-state index in [1.807, 2.05) is 24.3 Å². The van der Waals surface area contributed by atoms with Crippen molar-refractivity contribution in [2.75, 3.05) is 19.1 Å². The molecule has 2 atom stereocenters. The lowest BCUT2D eigenvalue weighted by atomic mass is 9.87. The van der Waals surface area contributed by atoms with Crippen LogP contribution < -0.4 is 4.90 Å². The predicted molar refractivity (Wildman–Crippen MR) is 79.2 cm³/mol. The van der Waals surface area contributed by atoms with Crippen molar-refractivity contribution in [3.8, 4) is 0 Å². The van der Waals surface area contributed by atoms with Crippen molar-refractivity contribution in [3.05, 3.63) is 29.8 Å². The molecule has 5 heteroatoms. The minimum atomic E-state index is -0.595. The fraction of sp³-hybridized carbons (Fsp3) is 0.500. The van der Waals surface area contributed by atoms with Crippen LogP contribution in [-0.4, -0.2) is 38.2 Å². The topological polar surface area (TPSA) is 55.6 Å². The Bertz CT molecular complexity index is 522. The Morgan fingerprint density at radius 3 is 1.71 bits per heavy atom. The van der Waals surface area contributed by atoms with Crippen LogP contribution in [0.4, 0.5) is 5.69 Å². The van der Waals surface area contributed by atoms with Gasteiger partial charge in [-0.15, -0.1) is 0 Å². The zero-order chi connectivity index (χ0) is 15.8. The minimum absolute atomic E-state index is 0.0565. The summed E-state index contributed by atoms with van der Waals surface area (Å²) in [4.78, 5) is 25.2. The lowest BCUT2D eigenvalue weighted by Crippen LogP contribution is -2.18. The number of rotatable bonds is 3. The Hall–Kier alpha value is -2.04. The second-order valence-corrected chi connectivity index (χ2v) is 6.14. The zero-order valence-electron chi connectivity index (χ0n) is 13.0. The molecule has 0 aliphatic carbocycles. The molecule has 1 fully saturated rings. The van der Waals surface area contributed by atoms with Crippen molar-refractivity contribution in [2.24, 2.45) is 0 Å². The van der Waals surface area contributed by atoms with Gasteiger partial charge in [-0.1, -0.05) is 32.9 Å². The predicted octanol–water partition coefficient (Wildman–Crippen LogP) is 1.89. The number of benzene rings is 1. The number of hydrogen-bond acceptors (Lipinski definition) is 5. The minimum Gasteiger partial charge on any atom is -0.467 e. The van der Waals surface area contributed by atoms with Crippen LogP contribution in [0.3, 0.4) is 0 Å². The molecule has 2 unspecified atom stereocenters. The molecule has 0 aromatic heterocycles. The maximum Gasteiger partial charge on any atom is 0.331 e. The molecule has 1 aromatic carbocycles. The first-order valence-corrected chi connectivity index (χ1v) is 6.86. The van der Waals surface area contributed by atoms with Crippen molar-refractivity contribution >= 4 is 17.6 Å². The first-order chi connectivity index (χ1) is 9.81. The molecule has 1 aliphatic heterocycles. The Morgan fingerprint density at radius 1 is 0.952 bits per heavy atom. The molecular weight excluding hydrogens is 270 g/mol. The van der Waals surface area contributed by atoms with Gasteiger partial charge in [0.25, 0.3) is 0 Å². The second kappa shape index (κ2) is 5.39. The fourth-order valence-corrected chi connectivity index (χ4v) is 2.41. The largest absolute Gasteiger partial charge is 0.467 e. The van der Waals surface area contributed by atoms with E-state index in [1.165, 1.54) is 19.8 Å². The van der Waals surface area contributed by atoms with Gasteiger partial charge in [0, 0.05) is 5.69 Å².